The number of hydrogen-bond acceptors (Lipinski definition) is 3. The van der Waals surface area contributed by atoms with E-state index in [2.05, 4.69) is 5.32 Å². The van der Waals surface area contributed by atoms with Gasteiger partial charge in [-0.2, -0.15) is 0 Å². The van der Waals surface area contributed by atoms with E-state index in [-0.39, 0.29) is 25.0 Å². The van der Waals surface area contributed by atoms with E-state index in [0.717, 1.165) is 11.1 Å². The second-order valence-electron chi connectivity index (χ2n) is 6.85. The van der Waals surface area contributed by atoms with Crippen LogP contribution in [0.3, 0.4) is 0 Å². The number of carbonyl (C=O) groups is 2. The standard InChI is InChI=1S/C22H26Cl2N2O3/c1-5-25-22(28)16(4)26(12-17-18(23)7-6-8-19(17)24)21(27)13-29-20-10-9-14(2)11-15(20)3/h6-11,16H,5,12-13H2,1-4H3,(H,25,28)/t16-/m1/s1. The Morgan fingerprint density at radius 2 is 1.79 bits per heavy atom. The van der Waals surface area contributed by atoms with Gasteiger partial charge in [-0.3, -0.25) is 9.59 Å². The Bertz CT molecular complexity index is 866. The molecular formula is C22H26Cl2N2O3. The van der Waals surface area contributed by atoms with Gasteiger partial charge in [-0.1, -0.05) is 47.0 Å². The fourth-order valence-electron chi connectivity index (χ4n) is 2.94. The minimum atomic E-state index is -0.711. The first-order valence-electron chi connectivity index (χ1n) is 9.44. The van der Waals surface area contributed by atoms with E-state index in [1.165, 1.54) is 4.90 Å². The van der Waals surface area contributed by atoms with E-state index in [1.807, 2.05) is 39.0 Å². The Hall–Kier alpha value is -2.24. The van der Waals surface area contributed by atoms with Crippen molar-refractivity contribution in [1.82, 2.24) is 10.2 Å². The van der Waals surface area contributed by atoms with E-state index in [9.17, 15) is 9.59 Å². The summed E-state index contributed by atoms with van der Waals surface area (Å²) in [6.07, 6.45) is 0. The number of carbonyl (C=O) groups excluding carboxylic acids is 2. The quantitative estimate of drug-likeness (QED) is 0.660. The first-order chi connectivity index (χ1) is 13.7. The predicted octanol–water partition coefficient (Wildman–Crippen LogP) is 4.54. The van der Waals surface area contributed by atoms with Gasteiger partial charge < -0.3 is 15.0 Å². The Labute approximate surface area is 181 Å². The zero-order chi connectivity index (χ0) is 21.6. The summed E-state index contributed by atoms with van der Waals surface area (Å²) in [5.41, 5.74) is 2.64. The first kappa shape index (κ1) is 23.0. The average Bonchev–Trinajstić information content (AvgIpc) is 2.66. The van der Waals surface area contributed by atoms with Crippen LogP contribution < -0.4 is 10.1 Å². The molecule has 0 spiro atoms. The maximum atomic E-state index is 13.0. The molecule has 0 heterocycles. The molecule has 2 rings (SSSR count). The van der Waals surface area contributed by atoms with Gasteiger partial charge in [-0.15, -0.1) is 0 Å². The lowest BCUT2D eigenvalue weighted by atomic mass is 10.1. The van der Waals surface area contributed by atoms with Crippen LogP contribution in [0.1, 0.15) is 30.5 Å². The Morgan fingerprint density at radius 3 is 2.38 bits per heavy atom. The van der Waals surface area contributed by atoms with Gasteiger partial charge in [-0.05, 0) is 51.5 Å². The molecule has 0 fully saturated rings. The summed E-state index contributed by atoms with van der Waals surface area (Å²) in [5, 5.41) is 3.62. The second-order valence-corrected chi connectivity index (χ2v) is 7.66. The summed E-state index contributed by atoms with van der Waals surface area (Å²) in [6, 6.07) is 10.2. The summed E-state index contributed by atoms with van der Waals surface area (Å²) >= 11 is 12.6. The molecule has 2 aromatic rings. The number of benzene rings is 2. The summed E-state index contributed by atoms with van der Waals surface area (Å²) in [5.74, 6) is 0.0422. The molecule has 0 aliphatic rings. The number of amides is 2. The van der Waals surface area contributed by atoms with E-state index in [1.54, 1.807) is 25.1 Å². The van der Waals surface area contributed by atoms with Crippen molar-refractivity contribution in [2.24, 2.45) is 0 Å². The van der Waals surface area contributed by atoms with E-state index >= 15 is 0 Å². The maximum Gasteiger partial charge on any atom is 0.261 e. The normalized spacial score (nSPS) is 11.7. The molecule has 0 saturated heterocycles. The third-order valence-electron chi connectivity index (χ3n) is 4.59. The zero-order valence-corrected chi connectivity index (χ0v) is 18.6. The Morgan fingerprint density at radius 1 is 1.14 bits per heavy atom. The van der Waals surface area contributed by atoms with Crippen LogP contribution in [0, 0.1) is 13.8 Å². The molecule has 0 bridgehead atoms. The van der Waals surface area contributed by atoms with Gasteiger partial charge in [-0.25, -0.2) is 0 Å². The lowest BCUT2D eigenvalue weighted by Gasteiger charge is -2.29. The highest BCUT2D eigenvalue weighted by molar-refractivity contribution is 6.36. The zero-order valence-electron chi connectivity index (χ0n) is 17.1. The highest BCUT2D eigenvalue weighted by Crippen LogP contribution is 2.27. The highest BCUT2D eigenvalue weighted by atomic mass is 35.5. The molecule has 156 valence electrons. The molecule has 0 aromatic heterocycles. The number of nitrogens with zero attached hydrogens (tertiary/aromatic N) is 1. The van der Waals surface area contributed by atoms with Crippen LogP contribution in [0.15, 0.2) is 36.4 Å². The van der Waals surface area contributed by atoms with Crippen LogP contribution in [0.2, 0.25) is 10.0 Å². The topological polar surface area (TPSA) is 58.6 Å². The molecule has 0 aliphatic heterocycles. The van der Waals surface area contributed by atoms with Crippen LogP contribution in [0.4, 0.5) is 0 Å². The maximum absolute atomic E-state index is 13.0. The average molecular weight is 437 g/mol. The van der Waals surface area contributed by atoms with Gasteiger partial charge in [0, 0.05) is 28.7 Å². The van der Waals surface area contributed by atoms with Crippen molar-refractivity contribution < 1.29 is 14.3 Å². The summed E-state index contributed by atoms with van der Waals surface area (Å²) in [6.45, 7) is 7.78. The predicted molar refractivity (Wildman–Crippen MR) is 117 cm³/mol. The molecule has 0 aliphatic carbocycles. The van der Waals surface area contributed by atoms with Crippen molar-refractivity contribution in [3.05, 3.63) is 63.1 Å². The molecule has 0 unspecified atom stereocenters. The summed E-state index contributed by atoms with van der Waals surface area (Å²) in [4.78, 5) is 26.8. The molecular weight excluding hydrogens is 411 g/mol. The van der Waals surface area contributed by atoms with Crippen molar-refractivity contribution >= 4 is 35.0 Å². The fraction of sp³-hybridized carbons (Fsp3) is 0.364. The van der Waals surface area contributed by atoms with Crippen LogP contribution in [-0.2, 0) is 16.1 Å². The molecule has 7 heteroatoms. The van der Waals surface area contributed by atoms with Gasteiger partial charge in [0.2, 0.25) is 5.91 Å². The third kappa shape index (κ3) is 6.12. The molecule has 0 radical (unpaired) electrons. The van der Waals surface area contributed by atoms with Crippen LogP contribution in [0.25, 0.3) is 0 Å². The van der Waals surface area contributed by atoms with Crippen molar-refractivity contribution in [2.45, 2.75) is 40.3 Å². The van der Waals surface area contributed by atoms with Crippen LogP contribution in [0.5, 0.6) is 5.75 Å². The SMILES string of the molecule is CCNC(=O)[C@@H](C)N(Cc1c(Cl)cccc1Cl)C(=O)COc1ccc(C)cc1C. The van der Waals surface area contributed by atoms with Gasteiger partial charge in [0.1, 0.15) is 11.8 Å². The van der Waals surface area contributed by atoms with Crippen LogP contribution in [-0.4, -0.2) is 35.9 Å². The van der Waals surface area contributed by atoms with Crippen molar-refractivity contribution in [2.75, 3.05) is 13.2 Å². The minimum Gasteiger partial charge on any atom is -0.483 e. The lowest BCUT2D eigenvalue weighted by Crippen LogP contribution is -2.49. The van der Waals surface area contributed by atoms with E-state index in [4.69, 9.17) is 27.9 Å². The largest absolute Gasteiger partial charge is 0.483 e. The number of rotatable bonds is 8. The first-order valence-corrected chi connectivity index (χ1v) is 10.2. The smallest absolute Gasteiger partial charge is 0.261 e. The molecule has 5 nitrogen and oxygen atoms in total. The minimum absolute atomic E-state index is 0.103. The number of likely N-dealkylation sites (N-methyl/N-ethyl adjacent to an activating group) is 1. The number of halogens is 2. The molecule has 2 amide bonds. The monoisotopic (exact) mass is 436 g/mol. The summed E-state index contributed by atoms with van der Waals surface area (Å²) in [7, 11) is 0. The van der Waals surface area contributed by atoms with Gasteiger partial charge in [0.25, 0.3) is 5.91 Å². The van der Waals surface area contributed by atoms with E-state index in [0.29, 0.717) is 27.9 Å². The van der Waals surface area contributed by atoms with Gasteiger partial charge in [0.15, 0.2) is 6.61 Å². The molecule has 1 atom stereocenters. The van der Waals surface area contributed by atoms with Crippen LogP contribution >= 0.6 is 23.2 Å². The molecule has 1 N–H and O–H groups in total. The Kier molecular flexibility index (Phi) is 8.35. The number of ether oxygens (including phenoxy) is 1. The molecule has 29 heavy (non-hydrogen) atoms. The van der Waals surface area contributed by atoms with E-state index < -0.39 is 6.04 Å². The van der Waals surface area contributed by atoms with Crippen molar-refractivity contribution in [3.63, 3.8) is 0 Å². The number of aryl methyl sites for hydroxylation is 2. The number of hydrogen-bond donors (Lipinski definition) is 1. The fourth-order valence-corrected chi connectivity index (χ4v) is 3.46. The second kappa shape index (κ2) is 10.5. The third-order valence-corrected chi connectivity index (χ3v) is 5.30. The van der Waals surface area contributed by atoms with Gasteiger partial charge in [0.05, 0.1) is 0 Å². The summed E-state index contributed by atoms with van der Waals surface area (Å²) < 4.78 is 5.73. The van der Waals surface area contributed by atoms with Crippen molar-refractivity contribution in [3.8, 4) is 5.75 Å². The molecule has 0 saturated carbocycles. The van der Waals surface area contributed by atoms with Gasteiger partial charge >= 0.3 is 0 Å². The highest BCUT2D eigenvalue weighted by Gasteiger charge is 2.27. The van der Waals surface area contributed by atoms with Crippen molar-refractivity contribution in [1.29, 1.82) is 0 Å². The lowest BCUT2D eigenvalue weighted by molar-refractivity contribution is -0.142. The molecule has 2 aromatic carbocycles. The Balaban J connectivity index is 2.23. The number of nitrogens with one attached hydrogen (secondary N) is 1.